The minimum absolute atomic E-state index is 0.353. The highest BCUT2D eigenvalue weighted by atomic mass is 79.9. The molecule has 2 rings (SSSR count). The van der Waals surface area contributed by atoms with Crippen molar-refractivity contribution in [2.45, 2.75) is 58.9 Å². The Morgan fingerprint density at radius 3 is 2.42 bits per heavy atom. The molecule has 0 radical (unpaired) electrons. The number of nitrogens with zero attached hydrogens (tertiary/aromatic N) is 2. The van der Waals surface area contributed by atoms with Crippen LogP contribution in [-0.4, -0.2) is 22.4 Å². The monoisotopic (exact) mass is 327 g/mol. The molecule has 3 nitrogen and oxygen atoms in total. The Hall–Kier alpha value is -0.350. The second-order valence-corrected chi connectivity index (χ2v) is 6.80. The third-order valence-electron chi connectivity index (χ3n) is 4.65. The largest absolute Gasteiger partial charge is 0.313 e. The summed E-state index contributed by atoms with van der Waals surface area (Å²) in [6.07, 6.45) is 6.23. The molecule has 0 amide bonds. The standard InChI is InChI=1S/C15H26BrN3/c1-5-15(6-2,10-17-12-7-8-12)9-13-14(16)11(3)18-19(13)4/h12,17H,5-10H2,1-4H3. The summed E-state index contributed by atoms with van der Waals surface area (Å²) in [5, 5.41) is 8.24. The van der Waals surface area contributed by atoms with Gasteiger partial charge in [0, 0.05) is 19.6 Å². The number of rotatable bonds is 7. The van der Waals surface area contributed by atoms with E-state index in [1.165, 1.54) is 35.8 Å². The van der Waals surface area contributed by atoms with Crippen LogP contribution in [0.4, 0.5) is 0 Å². The van der Waals surface area contributed by atoms with Crippen LogP contribution in [0.15, 0.2) is 4.47 Å². The Bertz CT molecular complexity index is 431. The summed E-state index contributed by atoms with van der Waals surface area (Å²) in [5.41, 5.74) is 2.78. The number of aromatic nitrogens is 2. The number of nitrogens with one attached hydrogen (secondary N) is 1. The Labute approximate surface area is 125 Å². The fourth-order valence-electron chi connectivity index (χ4n) is 2.69. The smallest absolute Gasteiger partial charge is 0.0738 e. The van der Waals surface area contributed by atoms with E-state index in [2.05, 4.69) is 54.2 Å². The van der Waals surface area contributed by atoms with Gasteiger partial charge in [0.1, 0.15) is 0 Å². The van der Waals surface area contributed by atoms with Gasteiger partial charge in [0.15, 0.2) is 0 Å². The summed E-state index contributed by atoms with van der Waals surface area (Å²) in [4.78, 5) is 0. The van der Waals surface area contributed by atoms with E-state index in [4.69, 9.17) is 0 Å². The van der Waals surface area contributed by atoms with E-state index < -0.39 is 0 Å². The van der Waals surface area contributed by atoms with Crippen molar-refractivity contribution >= 4 is 15.9 Å². The van der Waals surface area contributed by atoms with Crippen molar-refractivity contribution < 1.29 is 0 Å². The highest BCUT2D eigenvalue weighted by Gasteiger charge is 2.31. The SMILES string of the molecule is CCC(CC)(CNC1CC1)Cc1c(Br)c(C)nn1C. The lowest BCUT2D eigenvalue weighted by Gasteiger charge is -2.32. The molecule has 1 N–H and O–H groups in total. The number of halogens is 1. The number of hydrogen-bond donors (Lipinski definition) is 1. The average molecular weight is 328 g/mol. The summed E-state index contributed by atoms with van der Waals surface area (Å²) in [7, 11) is 2.05. The Morgan fingerprint density at radius 2 is 2.00 bits per heavy atom. The molecule has 0 aromatic carbocycles. The predicted molar refractivity (Wildman–Crippen MR) is 83.4 cm³/mol. The van der Waals surface area contributed by atoms with E-state index >= 15 is 0 Å². The van der Waals surface area contributed by atoms with Gasteiger partial charge in [-0.25, -0.2) is 0 Å². The first-order valence-corrected chi connectivity index (χ1v) is 8.22. The summed E-state index contributed by atoms with van der Waals surface area (Å²) >= 11 is 3.70. The molecule has 0 unspecified atom stereocenters. The van der Waals surface area contributed by atoms with Crippen molar-refractivity contribution in [1.29, 1.82) is 0 Å². The molecule has 0 spiro atoms. The zero-order valence-electron chi connectivity index (χ0n) is 12.6. The lowest BCUT2D eigenvalue weighted by atomic mass is 9.78. The van der Waals surface area contributed by atoms with Gasteiger partial charge in [0.25, 0.3) is 0 Å². The number of hydrogen-bond acceptors (Lipinski definition) is 2. The van der Waals surface area contributed by atoms with Gasteiger partial charge in [-0.15, -0.1) is 0 Å². The first kappa shape index (κ1) is 15.0. The van der Waals surface area contributed by atoms with E-state index in [1.54, 1.807) is 0 Å². The van der Waals surface area contributed by atoms with E-state index in [9.17, 15) is 0 Å². The minimum atomic E-state index is 0.353. The molecular weight excluding hydrogens is 302 g/mol. The predicted octanol–water partition coefficient (Wildman–Crippen LogP) is 3.59. The topological polar surface area (TPSA) is 29.9 Å². The van der Waals surface area contributed by atoms with Crippen LogP contribution < -0.4 is 5.32 Å². The molecule has 1 aliphatic rings. The highest BCUT2D eigenvalue weighted by Crippen LogP contribution is 2.34. The van der Waals surface area contributed by atoms with E-state index in [-0.39, 0.29) is 0 Å². The molecule has 1 fully saturated rings. The van der Waals surface area contributed by atoms with Crippen LogP contribution in [0.1, 0.15) is 50.9 Å². The normalized spacial score (nSPS) is 16.1. The quantitative estimate of drug-likeness (QED) is 0.829. The van der Waals surface area contributed by atoms with Crippen LogP contribution in [0, 0.1) is 12.3 Å². The van der Waals surface area contributed by atoms with Crippen molar-refractivity contribution in [2.24, 2.45) is 12.5 Å². The van der Waals surface area contributed by atoms with Crippen LogP contribution >= 0.6 is 15.9 Å². The molecule has 1 saturated carbocycles. The van der Waals surface area contributed by atoms with Crippen LogP contribution in [0.25, 0.3) is 0 Å². The molecule has 1 aromatic rings. The lowest BCUT2D eigenvalue weighted by Crippen LogP contribution is -2.37. The van der Waals surface area contributed by atoms with Gasteiger partial charge in [0.2, 0.25) is 0 Å². The van der Waals surface area contributed by atoms with E-state index in [1.807, 2.05) is 4.68 Å². The van der Waals surface area contributed by atoms with Crippen molar-refractivity contribution in [3.8, 4) is 0 Å². The second-order valence-electron chi connectivity index (χ2n) is 6.01. The van der Waals surface area contributed by atoms with Crippen LogP contribution in [0.2, 0.25) is 0 Å². The van der Waals surface area contributed by atoms with Crippen LogP contribution in [-0.2, 0) is 13.5 Å². The number of aryl methyl sites for hydroxylation is 2. The molecule has 108 valence electrons. The first-order chi connectivity index (χ1) is 9.01. The molecule has 1 aliphatic carbocycles. The van der Waals surface area contributed by atoms with Crippen LogP contribution in [0.5, 0.6) is 0 Å². The van der Waals surface area contributed by atoms with Gasteiger partial charge in [-0.1, -0.05) is 13.8 Å². The maximum Gasteiger partial charge on any atom is 0.0738 e. The van der Waals surface area contributed by atoms with Gasteiger partial charge < -0.3 is 5.32 Å². The summed E-state index contributed by atoms with van der Waals surface area (Å²) < 4.78 is 3.23. The molecular formula is C15H26BrN3. The zero-order valence-corrected chi connectivity index (χ0v) is 14.2. The third kappa shape index (κ3) is 3.40. The molecule has 0 atom stereocenters. The van der Waals surface area contributed by atoms with Gasteiger partial charge in [-0.2, -0.15) is 5.10 Å². The van der Waals surface area contributed by atoms with Crippen molar-refractivity contribution in [3.05, 3.63) is 15.9 Å². The van der Waals surface area contributed by atoms with Gasteiger partial charge >= 0.3 is 0 Å². The van der Waals surface area contributed by atoms with Gasteiger partial charge in [0.05, 0.1) is 15.9 Å². The molecule has 0 aliphatic heterocycles. The minimum Gasteiger partial charge on any atom is -0.313 e. The van der Waals surface area contributed by atoms with E-state index in [0.717, 1.165) is 24.7 Å². The van der Waals surface area contributed by atoms with Crippen LogP contribution in [0.3, 0.4) is 0 Å². The molecule has 1 aromatic heterocycles. The molecule has 4 heteroatoms. The molecule has 0 bridgehead atoms. The zero-order chi connectivity index (χ0) is 14.0. The molecule has 0 saturated heterocycles. The van der Waals surface area contributed by atoms with Crippen molar-refractivity contribution in [1.82, 2.24) is 15.1 Å². The summed E-state index contributed by atoms with van der Waals surface area (Å²) in [6, 6.07) is 0.786. The van der Waals surface area contributed by atoms with Crippen molar-refractivity contribution in [2.75, 3.05) is 6.54 Å². The van der Waals surface area contributed by atoms with Gasteiger partial charge in [-0.05, 0) is 60.4 Å². The highest BCUT2D eigenvalue weighted by molar-refractivity contribution is 9.10. The summed E-state index contributed by atoms with van der Waals surface area (Å²) in [5.74, 6) is 0. The fourth-order valence-corrected chi connectivity index (χ4v) is 3.16. The Morgan fingerprint density at radius 1 is 1.37 bits per heavy atom. The fraction of sp³-hybridized carbons (Fsp3) is 0.800. The van der Waals surface area contributed by atoms with E-state index in [0.29, 0.717) is 5.41 Å². The molecule has 1 heterocycles. The average Bonchev–Trinajstić information content (AvgIpc) is 3.19. The first-order valence-electron chi connectivity index (χ1n) is 7.42. The summed E-state index contributed by atoms with van der Waals surface area (Å²) in [6.45, 7) is 7.82. The maximum absolute atomic E-state index is 4.52. The maximum atomic E-state index is 4.52. The molecule has 19 heavy (non-hydrogen) atoms. The Balaban J connectivity index is 2.13. The Kier molecular flexibility index (Phi) is 4.72. The second kappa shape index (κ2) is 5.96. The lowest BCUT2D eigenvalue weighted by molar-refractivity contribution is 0.240. The van der Waals surface area contributed by atoms with Gasteiger partial charge in [-0.3, -0.25) is 4.68 Å². The van der Waals surface area contributed by atoms with Crippen molar-refractivity contribution in [3.63, 3.8) is 0 Å². The third-order valence-corrected chi connectivity index (χ3v) is 5.68.